The highest BCUT2D eigenvalue weighted by Gasteiger charge is 2.49. The van der Waals surface area contributed by atoms with Crippen molar-refractivity contribution in [2.24, 2.45) is 7.05 Å². The van der Waals surface area contributed by atoms with Crippen LogP contribution in [-0.2, 0) is 30.8 Å². The first-order chi connectivity index (χ1) is 13.3. The minimum absolute atomic E-state index is 0.131. The number of nitrogens with one attached hydrogen (secondary N) is 2. The fraction of sp³-hybridized carbons (Fsp3) is 0.533. The van der Waals surface area contributed by atoms with E-state index in [-0.39, 0.29) is 18.8 Å². The summed E-state index contributed by atoms with van der Waals surface area (Å²) in [6.07, 6.45) is 4.38. The van der Waals surface area contributed by atoms with Crippen LogP contribution in [0.25, 0.3) is 0 Å². The van der Waals surface area contributed by atoms with Gasteiger partial charge < -0.3 is 20.1 Å². The van der Waals surface area contributed by atoms with Crippen molar-refractivity contribution in [3.8, 4) is 0 Å². The average molecular weight is 431 g/mol. The van der Waals surface area contributed by atoms with E-state index >= 15 is 0 Å². The monoisotopic (exact) mass is 430 g/mol. The molecule has 0 saturated carbocycles. The van der Waals surface area contributed by atoms with E-state index in [9.17, 15) is 8.42 Å². The number of ether oxygens (including phenoxy) is 2. The second-order valence-electron chi connectivity index (χ2n) is 6.60. The standard InChI is InChI=1S/C15H19ClN6O5S/c1-22-5-8(3-18-22)19-15-17-4-9(16)14(21-15)20-10-6-25-13-11(7-26-12(10)13)27-28(2,23)24/h3-5,10-13H,6-7H2,1-2H3,(H2,17,19,20,21)/t10-,11+,12?,13?/m1/s1. The van der Waals surface area contributed by atoms with Crippen molar-refractivity contribution in [3.63, 3.8) is 0 Å². The molecule has 2 aliphatic heterocycles. The molecule has 2 aliphatic rings. The van der Waals surface area contributed by atoms with Gasteiger partial charge >= 0.3 is 0 Å². The first-order valence-electron chi connectivity index (χ1n) is 8.45. The molecule has 0 aliphatic carbocycles. The number of hydrogen-bond donors (Lipinski definition) is 2. The van der Waals surface area contributed by atoms with Gasteiger partial charge in [-0.15, -0.1) is 0 Å². The lowest BCUT2D eigenvalue weighted by atomic mass is 10.1. The first kappa shape index (κ1) is 19.3. The Balaban J connectivity index is 1.45. The van der Waals surface area contributed by atoms with E-state index < -0.39 is 22.3 Å². The van der Waals surface area contributed by atoms with Crippen molar-refractivity contribution in [3.05, 3.63) is 23.6 Å². The summed E-state index contributed by atoms with van der Waals surface area (Å²) in [4.78, 5) is 8.55. The molecule has 152 valence electrons. The second kappa shape index (κ2) is 7.44. The molecular weight excluding hydrogens is 412 g/mol. The Bertz CT molecular complexity index is 970. The van der Waals surface area contributed by atoms with Crippen LogP contribution in [0.15, 0.2) is 18.6 Å². The van der Waals surface area contributed by atoms with Gasteiger partial charge in [0.2, 0.25) is 5.95 Å². The minimum atomic E-state index is -3.60. The maximum absolute atomic E-state index is 11.4. The lowest BCUT2D eigenvalue weighted by Gasteiger charge is -2.19. The minimum Gasteiger partial charge on any atom is -0.370 e. The van der Waals surface area contributed by atoms with Gasteiger partial charge in [0.15, 0.2) is 5.82 Å². The van der Waals surface area contributed by atoms with E-state index in [4.69, 9.17) is 25.3 Å². The van der Waals surface area contributed by atoms with Crippen LogP contribution in [-0.4, -0.2) is 72.0 Å². The van der Waals surface area contributed by atoms with Crippen LogP contribution in [0.5, 0.6) is 0 Å². The van der Waals surface area contributed by atoms with E-state index in [1.54, 1.807) is 24.1 Å². The van der Waals surface area contributed by atoms with Crippen molar-refractivity contribution < 1.29 is 22.1 Å². The molecule has 2 aromatic rings. The van der Waals surface area contributed by atoms with Gasteiger partial charge in [-0.25, -0.2) is 4.98 Å². The van der Waals surface area contributed by atoms with Gasteiger partial charge in [-0.05, 0) is 0 Å². The Hall–Kier alpha value is -1.99. The Morgan fingerprint density at radius 1 is 1.29 bits per heavy atom. The molecule has 0 amide bonds. The number of anilines is 3. The zero-order valence-electron chi connectivity index (χ0n) is 15.1. The van der Waals surface area contributed by atoms with E-state index in [1.165, 1.54) is 6.20 Å². The number of fused-ring (bicyclic) bond motifs is 1. The van der Waals surface area contributed by atoms with Crippen LogP contribution < -0.4 is 10.6 Å². The highest BCUT2D eigenvalue weighted by Crippen LogP contribution is 2.32. The summed E-state index contributed by atoms with van der Waals surface area (Å²) in [5.74, 6) is 0.759. The summed E-state index contributed by atoms with van der Waals surface area (Å²) < 4.78 is 40.9. The van der Waals surface area contributed by atoms with Gasteiger partial charge in [-0.3, -0.25) is 8.86 Å². The Morgan fingerprint density at radius 3 is 2.79 bits per heavy atom. The summed E-state index contributed by atoms with van der Waals surface area (Å²) in [6, 6.07) is -0.267. The second-order valence-corrected chi connectivity index (χ2v) is 8.61. The highest BCUT2D eigenvalue weighted by molar-refractivity contribution is 7.86. The van der Waals surface area contributed by atoms with Crippen molar-refractivity contribution in [1.82, 2.24) is 19.7 Å². The maximum Gasteiger partial charge on any atom is 0.264 e. The van der Waals surface area contributed by atoms with E-state index in [1.807, 2.05) is 0 Å². The van der Waals surface area contributed by atoms with Gasteiger partial charge in [-0.2, -0.15) is 18.5 Å². The van der Waals surface area contributed by atoms with Gasteiger partial charge in [0, 0.05) is 13.2 Å². The molecule has 0 aromatic carbocycles. The van der Waals surface area contributed by atoms with E-state index in [0.717, 1.165) is 11.9 Å². The molecule has 2 saturated heterocycles. The molecule has 2 aromatic heterocycles. The lowest BCUT2D eigenvalue weighted by Crippen LogP contribution is -2.37. The molecular formula is C15H19ClN6O5S. The average Bonchev–Trinajstić information content (AvgIpc) is 3.29. The normalized spacial score (nSPS) is 27.0. The van der Waals surface area contributed by atoms with Crippen molar-refractivity contribution in [2.45, 2.75) is 24.4 Å². The first-order valence-corrected chi connectivity index (χ1v) is 10.6. The molecule has 11 nitrogen and oxygen atoms in total. The Labute approximate surface area is 166 Å². The summed E-state index contributed by atoms with van der Waals surface area (Å²) in [7, 11) is -1.79. The van der Waals surface area contributed by atoms with Crippen LogP contribution in [0, 0.1) is 0 Å². The number of nitrogens with zero attached hydrogens (tertiary/aromatic N) is 4. The molecule has 4 atom stereocenters. The number of rotatable bonds is 6. The van der Waals surface area contributed by atoms with Crippen molar-refractivity contribution in [1.29, 1.82) is 0 Å². The summed E-state index contributed by atoms with van der Waals surface area (Å²) >= 11 is 6.22. The van der Waals surface area contributed by atoms with Crippen molar-refractivity contribution in [2.75, 3.05) is 30.1 Å². The smallest absolute Gasteiger partial charge is 0.264 e. The zero-order chi connectivity index (χ0) is 19.9. The fourth-order valence-electron chi connectivity index (χ4n) is 3.21. The fourth-order valence-corrected chi connectivity index (χ4v) is 3.97. The molecule has 13 heteroatoms. The topological polar surface area (TPSA) is 129 Å². The van der Waals surface area contributed by atoms with E-state index in [0.29, 0.717) is 23.4 Å². The summed E-state index contributed by atoms with van der Waals surface area (Å²) in [5, 5.41) is 10.6. The zero-order valence-corrected chi connectivity index (χ0v) is 16.6. The van der Waals surface area contributed by atoms with E-state index in [2.05, 4.69) is 25.7 Å². The third-order valence-electron chi connectivity index (χ3n) is 4.33. The van der Waals surface area contributed by atoms with Crippen LogP contribution in [0.1, 0.15) is 0 Å². The van der Waals surface area contributed by atoms with Crippen LogP contribution in [0.2, 0.25) is 5.02 Å². The maximum atomic E-state index is 11.4. The summed E-state index contributed by atoms with van der Waals surface area (Å²) in [6.45, 7) is 0.427. The Morgan fingerprint density at radius 2 is 2.07 bits per heavy atom. The largest absolute Gasteiger partial charge is 0.370 e. The molecule has 2 unspecified atom stereocenters. The van der Waals surface area contributed by atoms with Gasteiger partial charge in [0.05, 0.1) is 43.6 Å². The van der Waals surface area contributed by atoms with Gasteiger partial charge in [-0.1, -0.05) is 11.6 Å². The summed E-state index contributed by atoms with van der Waals surface area (Å²) in [5.41, 5.74) is 0.736. The predicted molar refractivity (Wildman–Crippen MR) is 100 cm³/mol. The van der Waals surface area contributed by atoms with Crippen LogP contribution in [0.3, 0.4) is 0 Å². The number of aryl methyl sites for hydroxylation is 1. The predicted octanol–water partition coefficient (Wildman–Crippen LogP) is 0.530. The van der Waals surface area contributed by atoms with Crippen LogP contribution in [0.4, 0.5) is 17.5 Å². The number of aromatic nitrogens is 4. The molecule has 2 fully saturated rings. The molecule has 0 radical (unpaired) electrons. The highest BCUT2D eigenvalue weighted by atomic mass is 35.5. The van der Waals surface area contributed by atoms with Gasteiger partial charge in [0.25, 0.3) is 10.1 Å². The third-order valence-corrected chi connectivity index (χ3v) is 5.21. The molecule has 0 spiro atoms. The molecule has 2 N–H and O–H groups in total. The third kappa shape index (κ3) is 4.20. The molecule has 28 heavy (non-hydrogen) atoms. The molecule has 4 heterocycles. The number of halogens is 1. The quantitative estimate of drug-likeness (QED) is 0.626. The Kier molecular flexibility index (Phi) is 5.14. The molecule has 4 rings (SSSR count). The number of hydrogen-bond acceptors (Lipinski definition) is 10. The SMILES string of the molecule is Cn1cc(Nc2ncc(Cl)c(N[C@@H]3COC4C3OC[C@@H]4OS(C)(=O)=O)n2)cn1. The van der Waals surface area contributed by atoms with Crippen molar-refractivity contribution >= 4 is 39.2 Å². The van der Waals surface area contributed by atoms with Crippen LogP contribution >= 0.6 is 11.6 Å². The lowest BCUT2D eigenvalue weighted by molar-refractivity contribution is 0.0339. The van der Waals surface area contributed by atoms with Gasteiger partial charge in [0.1, 0.15) is 23.3 Å². The molecule has 0 bridgehead atoms.